The molecular formula is C21H20N2O4. The van der Waals surface area contributed by atoms with Crippen LogP contribution in [0.1, 0.15) is 25.0 Å². The van der Waals surface area contributed by atoms with E-state index in [1.54, 1.807) is 36.1 Å². The molecule has 1 aliphatic heterocycles. The molecule has 6 heteroatoms. The molecule has 0 N–H and O–H groups in total. The maximum Gasteiger partial charge on any atom is 0.344 e. The summed E-state index contributed by atoms with van der Waals surface area (Å²) in [5.41, 5.74) is 2.48. The smallest absolute Gasteiger partial charge is 0.344 e. The number of nitrogens with zero attached hydrogens (tertiary/aromatic N) is 2. The topological polar surface area (TPSA) is 79.6 Å². The zero-order valence-electron chi connectivity index (χ0n) is 15.2. The van der Waals surface area contributed by atoms with Crippen LogP contribution < -0.4 is 9.64 Å². The quantitative estimate of drug-likeness (QED) is 0.762. The molecule has 0 spiro atoms. The van der Waals surface area contributed by atoms with Gasteiger partial charge in [-0.3, -0.25) is 4.79 Å². The molecule has 0 saturated carbocycles. The zero-order valence-corrected chi connectivity index (χ0v) is 15.2. The molecule has 2 aromatic carbocycles. The second kappa shape index (κ2) is 7.92. The van der Waals surface area contributed by atoms with Gasteiger partial charge in [-0.1, -0.05) is 18.2 Å². The van der Waals surface area contributed by atoms with Crippen LogP contribution in [-0.4, -0.2) is 30.6 Å². The van der Waals surface area contributed by atoms with E-state index in [1.807, 2.05) is 37.3 Å². The van der Waals surface area contributed by atoms with Gasteiger partial charge in [-0.25, -0.2) is 4.79 Å². The number of carbonyl (C=O) groups is 2. The molecule has 3 rings (SSSR count). The van der Waals surface area contributed by atoms with Crippen LogP contribution in [0.4, 0.5) is 5.69 Å². The lowest BCUT2D eigenvalue weighted by molar-refractivity contribution is -0.155. The van der Waals surface area contributed by atoms with Crippen LogP contribution in [0.2, 0.25) is 0 Å². The van der Waals surface area contributed by atoms with Crippen LogP contribution in [0, 0.1) is 11.3 Å². The monoisotopic (exact) mass is 364 g/mol. The SMILES string of the molecule is C[C@@H](OC(=O)COc1ccc(C#N)cc1)C(=O)N1c2ccccc2C[C@@H]1C. The average molecular weight is 364 g/mol. The molecule has 0 saturated heterocycles. The third-order valence-electron chi connectivity index (χ3n) is 4.44. The summed E-state index contributed by atoms with van der Waals surface area (Å²) in [6.45, 7) is 3.23. The van der Waals surface area contributed by atoms with E-state index in [0.717, 1.165) is 17.7 Å². The fourth-order valence-corrected chi connectivity index (χ4v) is 3.15. The number of rotatable bonds is 5. The normalized spacial score (nSPS) is 16.2. The van der Waals surface area contributed by atoms with Gasteiger partial charge in [0, 0.05) is 11.7 Å². The fraction of sp³-hybridized carbons (Fsp3) is 0.286. The fourth-order valence-electron chi connectivity index (χ4n) is 3.15. The number of benzene rings is 2. The number of anilines is 1. The summed E-state index contributed by atoms with van der Waals surface area (Å²) < 4.78 is 10.6. The molecule has 1 aliphatic rings. The molecule has 0 aromatic heterocycles. The summed E-state index contributed by atoms with van der Waals surface area (Å²) in [5.74, 6) is -0.424. The molecule has 1 heterocycles. The summed E-state index contributed by atoms with van der Waals surface area (Å²) in [4.78, 5) is 26.5. The summed E-state index contributed by atoms with van der Waals surface area (Å²) in [7, 11) is 0. The second-order valence-corrected chi connectivity index (χ2v) is 6.45. The maximum absolute atomic E-state index is 12.8. The van der Waals surface area contributed by atoms with E-state index >= 15 is 0 Å². The van der Waals surface area contributed by atoms with Crippen LogP contribution in [0.3, 0.4) is 0 Å². The minimum atomic E-state index is -0.907. The van der Waals surface area contributed by atoms with E-state index in [9.17, 15) is 9.59 Å². The van der Waals surface area contributed by atoms with Crippen molar-refractivity contribution >= 4 is 17.6 Å². The Labute approximate surface area is 157 Å². The largest absolute Gasteiger partial charge is 0.482 e. The molecule has 1 amide bonds. The molecule has 0 fully saturated rings. The minimum absolute atomic E-state index is 0.0194. The Balaban J connectivity index is 1.56. The zero-order chi connectivity index (χ0) is 19.4. The van der Waals surface area contributed by atoms with Crippen molar-refractivity contribution < 1.29 is 19.1 Å². The van der Waals surface area contributed by atoms with Crippen molar-refractivity contribution in [2.24, 2.45) is 0 Å². The van der Waals surface area contributed by atoms with Gasteiger partial charge < -0.3 is 14.4 Å². The molecule has 0 radical (unpaired) electrons. The van der Waals surface area contributed by atoms with Gasteiger partial charge in [0.25, 0.3) is 5.91 Å². The third-order valence-corrected chi connectivity index (χ3v) is 4.44. The number of hydrogen-bond donors (Lipinski definition) is 0. The number of esters is 1. The number of nitriles is 1. The Morgan fingerprint density at radius 2 is 1.93 bits per heavy atom. The first-order valence-electron chi connectivity index (χ1n) is 8.73. The van der Waals surface area contributed by atoms with Crippen molar-refractivity contribution in [2.75, 3.05) is 11.5 Å². The summed E-state index contributed by atoms with van der Waals surface area (Å²) in [5, 5.41) is 8.77. The lowest BCUT2D eigenvalue weighted by Gasteiger charge is -2.25. The number of ether oxygens (including phenoxy) is 2. The first-order valence-corrected chi connectivity index (χ1v) is 8.73. The summed E-state index contributed by atoms with van der Waals surface area (Å²) >= 11 is 0. The van der Waals surface area contributed by atoms with Gasteiger partial charge in [-0.2, -0.15) is 5.26 Å². The Bertz CT molecular complexity index is 886. The number of hydrogen-bond acceptors (Lipinski definition) is 5. The lowest BCUT2D eigenvalue weighted by Crippen LogP contribution is -2.43. The van der Waals surface area contributed by atoms with Crippen molar-refractivity contribution in [1.82, 2.24) is 0 Å². The molecular weight excluding hydrogens is 344 g/mol. The van der Waals surface area contributed by atoms with Crippen molar-refractivity contribution in [3.8, 4) is 11.8 Å². The highest BCUT2D eigenvalue weighted by Gasteiger charge is 2.34. The Hall–Kier alpha value is -3.33. The van der Waals surface area contributed by atoms with Crippen LogP contribution >= 0.6 is 0 Å². The molecule has 0 aliphatic carbocycles. The van der Waals surface area contributed by atoms with Crippen LogP contribution in [-0.2, 0) is 20.7 Å². The van der Waals surface area contributed by atoms with Crippen molar-refractivity contribution in [2.45, 2.75) is 32.4 Å². The molecule has 0 unspecified atom stereocenters. The number of fused-ring (bicyclic) bond motifs is 1. The first kappa shape index (κ1) is 18.5. The Morgan fingerprint density at radius 1 is 1.22 bits per heavy atom. The average Bonchev–Trinajstić information content (AvgIpc) is 3.01. The highest BCUT2D eigenvalue weighted by molar-refractivity contribution is 5.99. The van der Waals surface area contributed by atoms with Gasteiger partial charge in [0.1, 0.15) is 5.75 Å². The van der Waals surface area contributed by atoms with Crippen LogP contribution in [0.15, 0.2) is 48.5 Å². The third kappa shape index (κ3) is 4.09. The van der Waals surface area contributed by atoms with E-state index < -0.39 is 12.1 Å². The molecule has 138 valence electrons. The van der Waals surface area contributed by atoms with Crippen LogP contribution in [0.25, 0.3) is 0 Å². The molecule has 2 aromatic rings. The molecule has 2 atom stereocenters. The summed E-state index contributed by atoms with van der Waals surface area (Å²) in [6, 6.07) is 16.2. The van der Waals surface area contributed by atoms with E-state index in [0.29, 0.717) is 11.3 Å². The van der Waals surface area contributed by atoms with E-state index in [-0.39, 0.29) is 18.6 Å². The van der Waals surface area contributed by atoms with Gasteiger partial charge in [0.2, 0.25) is 0 Å². The van der Waals surface area contributed by atoms with Crippen molar-refractivity contribution in [3.05, 3.63) is 59.7 Å². The Morgan fingerprint density at radius 3 is 2.63 bits per heavy atom. The lowest BCUT2D eigenvalue weighted by atomic mass is 10.1. The molecule has 27 heavy (non-hydrogen) atoms. The maximum atomic E-state index is 12.8. The van der Waals surface area contributed by atoms with E-state index in [4.69, 9.17) is 14.7 Å². The van der Waals surface area contributed by atoms with Crippen molar-refractivity contribution in [1.29, 1.82) is 5.26 Å². The van der Waals surface area contributed by atoms with Gasteiger partial charge in [-0.15, -0.1) is 0 Å². The first-order chi connectivity index (χ1) is 13.0. The van der Waals surface area contributed by atoms with E-state index in [1.165, 1.54) is 0 Å². The Kier molecular flexibility index (Phi) is 5.41. The predicted octanol–water partition coefficient (Wildman–Crippen LogP) is 2.85. The van der Waals surface area contributed by atoms with Crippen molar-refractivity contribution in [3.63, 3.8) is 0 Å². The van der Waals surface area contributed by atoms with Gasteiger partial charge >= 0.3 is 5.97 Å². The van der Waals surface area contributed by atoms with E-state index in [2.05, 4.69) is 0 Å². The number of amides is 1. The highest BCUT2D eigenvalue weighted by atomic mass is 16.6. The van der Waals surface area contributed by atoms with Gasteiger partial charge in [0.05, 0.1) is 11.6 Å². The molecule has 0 bridgehead atoms. The number of para-hydroxylation sites is 1. The van der Waals surface area contributed by atoms with Crippen LogP contribution in [0.5, 0.6) is 5.75 Å². The number of carbonyl (C=O) groups excluding carboxylic acids is 2. The second-order valence-electron chi connectivity index (χ2n) is 6.45. The predicted molar refractivity (Wildman–Crippen MR) is 99.3 cm³/mol. The highest BCUT2D eigenvalue weighted by Crippen LogP contribution is 2.32. The van der Waals surface area contributed by atoms with Gasteiger partial charge in [0.15, 0.2) is 12.7 Å². The molecule has 6 nitrogen and oxygen atoms in total. The van der Waals surface area contributed by atoms with Gasteiger partial charge in [-0.05, 0) is 56.2 Å². The minimum Gasteiger partial charge on any atom is -0.482 e. The summed E-state index contributed by atoms with van der Waals surface area (Å²) in [6.07, 6.45) is -0.125. The standard InChI is InChI=1S/C21H20N2O4/c1-14-11-17-5-3-4-6-19(17)23(14)21(25)15(2)27-20(24)13-26-18-9-7-16(12-22)8-10-18/h3-10,14-15H,11,13H2,1-2H3/t14-,15+/m0/s1.